The summed E-state index contributed by atoms with van der Waals surface area (Å²) in [6.07, 6.45) is 5.49. The third-order valence-electron chi connectivity index (χ3n) is 4.43. The Balaban J connectivity index is 1.64. The maximum absolute atomic E-state index is 6.08. The largest absolute Gasteiger partial charge is 0.299 e. The van der Waals surface area contributed by atoms with E-state index in [9.17, 15) is 0 Å². The standard InChI is InChI=1S/C16H23ClN2/c17-15-6-3-5-14(11-15)12-18-8-4-10-19-9-2-1-7-16(19)13-18/h3,5-6,11,16H,1-2,4,7-10,12-13H2. The van der Waals surface area contributed by atoms with Crippen LogP contribution < -0.4 is 0 Å². The van der Waals surface area contributed by atoms with E-state index in [1.165, 1.54) is 57.4 Å². The second-order valence-corrected chi connectivity index (χ2v) is 6.34. The molecule has 2 heterocycles. The van der Waals surface area contributed by atoms with Gasteiger partial charge in [0.05, 0.1) is 0 Å². The molecule has 3 heteroatoms. The van der Waals surface area contributed by atoms with Crippen molar-refractivity contribution in [3.8, 4) is 0 Å². The van der Waals surface area contributed by atoms with E-state index in [-0.39, 0.29) is 0 Å². The molecule has 2 aliphatic rings. The van der Waals surface area contributed by atoms with Crippen molar-refractivity contribution in [2.75, 3.05) is 26.2 Å². The molecule has 1 aromatic rings. The molecule has 2 nitrogen and oxygen atoms in total. The van der Waals surface area contributed by atoms with Gasteiger partial charge in [-0.25, -0.2) is 0 Å². The van der Waals surface area contributed by atoms with E-state index in [4.69, 9.17) is 11.6 Å². The highest BCUT2D eigenvalue weighted by atomic mass is 35.5. The number of halogens is 1. The summed E-state index contributed by atoms with van der Waals surface area (Å²) in [5.41, 5.74) is 1.34. The first-order valence-electron chi connectivity index (χ1n) is 7.52. The summed E-state index contributed by atoms with van der Waals surface area (Å²) in [5.74, 6) is 0. The van der Waals surface area contributed by atoms with Gasteiger partial charge in [0.2, 0.25) is 0 Å². The predicted octanol–water partition coefficient (Wildman–Crippen LogP) is 3.40. The molecule has 1 aromatic carbocycles. The number of fused-ring (bicyclic) bond motifs is 1. The van der Waals surface area contributed by atoms with Crippen LogP contribution >= 0.6 is 11.6 Å². The van der Waals surface area contributed by atoms with Crippen LogP contribution in [0.2, 0.25) is 5.02 Å². The van der Waals surface area contributed by atoms with Crippen LogP contribution in [0.4, 0.5) is 0 Å². The molecule has 2 aliphatic heterocycles. The highest BCUT2D eigenvalue weighted by Gasteiger charge is 2.26. The lowest BCUT2D eigenvalue weighted by Crippen LogP contribution is -2.43. The summed E-state index contributed by atoms with van der Waals surface area (Å²) in [7, 11) is 0. The molecule has 0 amide bonds. The molecule has 0 saturated carbocycles. The van der Waals surface area contributed by atoms with Crippen LogP contribution in [0.5, 0.6) is 0 Å². The lowest BCUT2D eigenvalue weighted by molar-refractivity contribution is 0.135. The first kappa shape index (κ1) is 13.4. The molecule has 2 saturated heterocycles. The van der Waals surface area contributed by atoms with Gasteiger partial charge in [0, 0.05) is 24.2 Å². The summed E-state index contributed by atoms with van der Waals surface area (Å²) >= 11 is 6.08. The van der Waals surface area contributed by atoms with Gasteiger partial charge in [-0.2, -0.15) is 0 Å². The number of hydrogen-bond donors (Lipinski definition) is 0. The normalized spacial score (nSPS) is 25.8. The van der Waals surface area contributed by atoms with Gasteiger partial charge >= 0.3 is 0 Å². The molecule has 0 radical (unpaired) electrons. The Labute approximate surface area is 121 Å². The monoisotopic (exact) mass is 278 g/mol. The highest BCUT2D eigenvalue weighted by Crippen LogP contribution is 2.22. The predicted molar refractivity (Wildman–Crippen MR) is 80.6 cm³/mol. The van der Waals surface area contributed by atoms with Crippen LogP contribution in [-0.2, 0) is 6.54 Å². The molecule has 3 rings (SSSR count). The summed E-state index contributed by atoms with van der Waals surface area (Å²) in [5, 5.41) is 0.853. The summed E-state index contributed by atoms with van der Waals surface area (Å²) in [4.78, 5) is 5.32. The topological polar surface area (TPSA) is 6.48 Å². The quantitative estimate of drug-likeness (QED) is 0.818. The smallest absolute Gasteiger partial charge is 0.0409 e. The average molecular weight is 279 g/mol. The molecular formula is C16H23ClN2. The minimum atomic E-state index is 0.787. The van der Waals surface area contributed by atoms with E-state index in [1.54, 1.807) is 0 Å². The fourth-order valence-electron chi connectivity index (χ4n) is 3.49. The maximum Gasteiger partial charge on any atom is 0.0409 e. The van der Waals surface area contributed by atoms with Gasteiger partial charge in [-0.1, -0.05) is 30.2 Å². The summed E-state index contributed by atoms with van der Waals surface area (Å²) < 4.78 is 0. The van der Waals surface area contributed by atoms with E-state index in [1.807, 2.05) is 6.07 Å². The van der Waals surface area contributed by atoms with E-state index in [0.29, 0.717) is 0 Å². The maximum atomic E-state index is 6.08. The molecule has 0 aliphatic carbocycles. The zero-order valence-electron chi connectivity index (χ0n) is 11.5. The molecule has 0 bridgehead atoms. The van der Waals surface area contributed by atoms with Gasteiger partial charge in [0.15, 0.2) is 0 Å². The third-order valence-corrected chi connectivity index (χ3v) is 4.67. The van der Waals surface area contributed by atoms with Crippen LogP contribution in [0.15, 0.2) is 24.3 Å². The minimum absolute atomic E-state index is 0.787. The Morgan fingerprint density at radius 1 is 1.11 bits per heavy atom. The van der Waals surface area contributed by atoms with E-state index < -0.39 is 0 Å². The number of piperidine rings is 1. The fraction of sp³-hybridized carbons (Fsp3) is 0.625. The average Bonchev–Trinajstić information content (AvgIpc) is 2.60. The Morgan fingerprint density at radius 2 is 2.00 bits per heavy atom. The van der Waals surface area contributed by atoms with Gasteiger partial charge in [-0.05, 0) is 56.6 Å². The lowest BCUT2D eigenvalue weighted by atomic mass is 10.0. The molecule has 19 heavy (non-hydrogen) atoms. The third kappa shape index (κ3) is 3.50. The van der Waals surface area contributed by atoms with Gasteiger partial charge in [-0.15, -0.1) is 0 Å². The van der Waals surface area contributed by atoms with Crippen LogP contribution in [0.1, 0.15) is 31.2 Å². The Bertz CT molecular complexity index is 421. The molecule has 0 spiro atoms. The van der Waals surface area contributed by atoms with Crippen LogP contribution in [-0.4, -0.2) is 42.0 Å². The van der Waals surface area contributed by atoms with Crippen LogP contribution in [0.25, 0.3) is 0 Å². The van der Waals surface area contributed by atoms with Crippen molar-refractivity contribution in [3.05, 3.63) is 34.9 Å². The van der Waals surface area contributed by atoms with Gasteiger partial charge in [0.1, 0.15) is 0 Å². The number of benzene rings is 1. The summed E-state index contributed by atoms with van der Waals surface area (Å²) in [6.45, 7) is 6.10. The second-order valence-electron chi connectivity index (χ2n) is 5.90. The molecule has 1 unspecified atom stereocenters. The summed E-state index contributed by atoms with van der Waals surface area (Å²) in [6, 6.07) is 9.09. The molecule has 0 N–H and O–H groups in total. The second kappa shape index (κ2) is 6.25. The Kier molecular flexibility index (Phi) is 4.42. The zero-order chi connectivity index (χ0) is 13.1. The van der Waals surface area contributed by atoms with E-state index in [2.05, 4.69) is 28.0 Å². The Morgan fingerprint density at radius 3 is 2.89 bits per heavy atom. The van der Waals surface area contributed by atoms with Crippen molar-refractivity contribution < 1.29 is 0 Å². The minimum Gasteiger partial charge on any atom is -0.299 e. The molecule has 1 atom stereocenters. The van der Waals surface area contributed by atoms with Crippen molar-refractivity contribution in [3.63, 3.8) is 0 Å². The fourth-order valence-corrected chi connectivity index (χ4v) is 3.70. The SMILES string of the molecule is Clc1cccc(CN2CCCN3CCCCC3C2)c1. The highest BCUT2D eigenvalue weighted by molar-refractivity contribution is 6.30. The molecular weight excluding hydrogens is 256 g/mol. The van der Waals surface area contributed by atoms with Crippen molar-refractivity contribution >= 4 is 11.6 Å². The van der Waals surface area contributed by atoms with Crippen molar-refractivity contribution in [2.24, 2.45) is 0 Å². The zero-order valence-corrected chi connectivity index (χ0v) is 12.3. The van der Waals surface area contributed by atoms with Crippen molar-refractivity contribution in [2.45, 2.75) is 38.3 Å². The van der Waals surface area contributed by atoms with Crippen LogP contribution in [0, 0.1) is 0 Å². The van der Waals surface area contributed by atoms with E-state index in [0.717, 1.165) is 17.6 Å². The van der Waals surface area contributed by atoms with Crippen molar-refractivity contribution in [1.82, 2.24) is 9.80 Å². The number of nitrogens with zero attached hydrogens (tertiary/aromatic N) is 2. The molecule has 0 aromatic heterocycles. The first-order chi connectivity index (χ1) is 9.31. The van der Waals surface area contributed by atoms with E-state index >= 15 is 0 Å². The first-order valence-corrected chi connectivity index (χ1v) is 7.90. The number of rotatable bonds is 2. The van der Waals surface area contributed by atoms with Crippen molar-refractivity contribution in [1.29, 1.82) is 0 Å². The van der Waals surface area contributed by atoms with Gasteiger partial charge in [0.25, 0.3) is 0 Å². The number of hydrogen-bond acceptors (Lipinski definition) is 2. The van der Waals surface area contributed by atoms with Gasteiger partial charge in [-0.3, -0.25) is 9.80 Å². The molecule has 104 valence electrons. The molecule has 2 fully saturated rings. The lowest BCUT2D eigenvalue weighted by Gasteiger charge is -2.35. The van der Waals surface area contributed by atoms with Crippen LogP contribution in [0.3, 0.4) is 0 Å². The Hall–Kier alpha value is -0.570. The van der Waals surface area contributed by atoms with Gasteiger partial charge < -0.3 is 0 Å².